The number of fused-ring (bicyclic) bond motifs is 1. The molecule has 2 saturated heterocycles. The van der Waals surface area contributed by atoms with Gasteiger partial charge in [0, 0.05) is 44.7 Å². The first kappa shape index (κ1) is 23.9. The number of carbonyl (C=O) groups is 3. The van der Waals surface area contributed by atoms with Crippen molar-refractivity contribution in [2.45, 2.75) is 44.8 Å². The Balaban J connectivity index is 1.49. The highest BCUT2D eigenvalue weighted by Gasteiger charge is 2.39. The van der Waals surface area contributed by atoms with E-state index in [0.29, 0.717) is 42.1 Å². The van der Waals surface area contributed by atoms with Crippen molar-refractivity contribution in [2.24, 2.45) is 0 Å². The molecule has 1 aromatic carbocycles. The van der Waals surface area contributed by atoms with E-state index in [0.717, 1.165) is 29.8 Å². The standard InChI is InChI=1S/C26H31N7O3/c1-31(2)24(28)23-22(27)17(13-32-9-3-4-10-32)12-19(29-23)15-5-6-18-16(11-15)14-33(26(18)36)20-7-8-21(34)30-25(20)35/h5-6,11-12,20,28H,3-4,7-10,13-14,27H2,1-2H3,(H,30,34,35). The maximum absolute atomic E-state index is 13.1. The Morgan fingerprint density at radius 1 is 1.19 bits per heavy atom. The summed E-state index contributed by atoms with van der Waals surface area (Å²) in [5.74, 6) is -0.703. The molecule has 0 aliphatic carbocycles. The molecule has 1 unspecified atom stereocenters. The van der Waals surface area contributed by atoms with Crippen LogP contribution < -0.4 is 11.1 Å². The number of rotatable bonds is 5. The number of hydrogen-bond donors (Lipinski definition) is 3. The van der Waals surface area contributed by atoms with Crippen LogP contribution in [0.3, 0.4) is 0 Å². The van der Waals surface area contributed by atoms with Gasteiger partial charge < -0.3 is 15.5 Å². The lowest BCUT2D eigenvalue weighted by Crippen LogP contribution is -2.52. The van der Waals surface area contributed by atoms with Gasteiger partial charge in [-0.1, -0.05) is 6.07 Å². The van der Waals surface area contributed by atoms with E-state index in [1.807, 2.05) is 18.2 Å². The minimum atomic E-state index is -0.653. The zero-order valence-corrected chi connectivity index (χ0v) is 20.6. The fourth-order valence-corrected chi connectivity index (χ4v) is 5.19. The van der Waals surface area contributed by atoms with Gasteiger partial charge in [-0.25, -0.2) is 4.98 Å². The first-order valence-electron chi connectivity index (χ1n) is 12.3. The number of nitrogens with two attached hydrogens (primary N) is 1. The van der Waals surface area contributed by atoms with Crippen LogP contribution in [0.4, 0.5) is 5.69 Å². The van der Waals surface area contributed by atoms with Crippen LogP contribution in [0, 0.1) is 5.41 Å². The van der Waals surface area contributed by atoms with Crippen LogP contribution in [0.25, 0.3) is 11.3 Å². The van der Waals surface area contributed by atoms with Crippen molar-refractivity contribution in [1.82, 2.24) is 25.0 Å². The van der Waals surface area contributed by atoms with Crippen LogP contribution in [0.2, 0.25) is 0 Å². The van der Waals surface area contributed by atoms with Crippen molar-refractivity contribution >= 4 is 29.2 Å². The van der Waals surface area contributed by atoms with Crippen molar-refractivity contribution in [2.75, 3.05) is 32.9 Å². The summed E-state index contributed by atoms with van der Waals surface area (Å²) in [7, 11) is 3.59. The lowest BCUT2D eigenvalue weighted by Gasteiger charge is -2.29. The van der Waals surface area contributed by atoms with Gasteiger partial charge >= 0.3 is 0 Å². The molecule has 10 heteroatoms. The Morgan fingerprint density at radius 2 is 1.94 bits per heavy atom. The molecule has 0 radical (unpaired) electrons. The van der Waals surface area contributed by atoms with Crippen molar-refractivity contribution in [3.63, 3.8) is 0 Å². The van der Waals surface area contributed by atoms with Crippen molar-refractivity contribution in [3.05, 3.63) is 46.6 Å². The van der Waals surface area contributed by atoms with Crippen LogP contribution in [0.1, 0.15) is 52.9 Å². The van der Waals surface area contributed by atoms with E-state index in [9.17, 15) is 14.4 Å². The van der Waals surface area contributed by atoms with Gasteiger partial charge in [-0.15, -0.1) is 0 Å². The molecule has 3 aliphatic rings. The maximum Gasteiger partial charge on any atom is 0.255 e. The Kier molecular flexibility index (Phi) is 6.21. The molecule has 5 rings (SSSR count). The summed E-state index contributed by atoms with van der Waals surface area (Å²) < 4.78 is 0. The van der Waals surface area contributed by atoms with Gasteiger partial charge in [-0.05, 0) is 61.7 Å². The van der Waals surface area contributed by atoms with E-state index >= 15 is 0 Å². The number of anilines is 1. The molecule has 188 valence electrons. The van der Waals surface area contributed by atoms with Crippen molar-refractivity contribution < 1.29 is 14.4 Å². The predicted molar refractivity (Wildman–Crippen MR) is 135 cm³/mol. The molecule has 2 fully saturated rings. The van der Waals surface area contributed by atoms with Gasteiger partial charge in [0.05, 0.1) is 11.4 Å². The highest BCUT2D eigenvalue weighted by molar-refractivity contribution is 6.05. The third-order valence-corrected chi connectivity index (χ3v) is 7.23. The van der Waals surface area contributed by atoms with E-state index in [1.54, 1.807) is 30.0 Å². The summed E-state index contributed by atoms with van der Waals surface area (Å²) in [5, 5.41) is 10.9. The van der Waals surface area contributed by atoms with Gasteiger partial charge in [0.1, 0.15) is 17.6 Å². The number of carbonyl (C=O) groups excluding carboxylic acids is 3. The third-order valence-electron chi connectivity index (χ3n) is 7.23. The summed E-state index contributed by atoms with van der Waals surface area (Å²) in [4.78, 5) is 47.3. The van der Waals surface area contributed by atoms with Crippen molar-refractivity contribution in [3.8, 4) is 11.3 Å². The number of aromatic nitrogens is 1. The van der Waals surface area contributed by atoms with Gasteiger partial charge in [-0.3, -0.25) is 30.0 Å². The van der Waals surface area contributed by atoms with E-state index in [-0.39, 0.29) is 24.1 Å². The number of pyridine rings is 1. The molecule has 0 saturated carbocycles. The van der Waals surface area contributed by atoms with E-state index in [4.69, 9.17) is 16.1 Å². The van der Waals surface area contributed by atoms with Gasteiger partial charge in [0.25, 0.3) is 5.91 Å². The fourth-order valence-electron chi connectivity index (χ4n) is 5.19. The zero-order chi connectivity index (χ0) is 25.6. The average molecular weight is 490 g/mol. The second-order valence-corrected chi connectivity index (χ2v) is 9.93. The number of hydrogen-bond acceptors (Lipinski definition) is 7. The van der Waals surface area contributed by atoms with E-state index < -0.39 is 11.9 Å². The number of benzene rings is 1. The molecule has 3 aliphatic heterocycles. The minimum absolute atomic E-state index is 0.207. The number of imide groups is 1. The SMILES string of the molecule is CN(C)C(=N)c1nc(-c2ccc3c(c2)CN(C2CCC(=O)NC2=O)C3=O)cc(CN2CCCC2)c1N. The molecule has 1 aromatic heterocycles. The van der Waals surface area contributed by atoms with Crippen LogP contribution >= 0.6 is 0 Å². The molecule has 10 nitrogen and oxygen atoms in total. The molecule has 36 heavy (non-hydrogen) atoms. The second kappa shape index (κ2) is 9.34. The molecule has 4 heterocycles. The smallest absolute Gasteiger partial charge is 0.255 e. The summed E-state index contributed by atoms with van der Waals surface area (Å²) in [5.41, 5.74) is 11.3. The van der Waals surface area contributed by atoms with Crippen LogP contribution in [-0.2, 0) is 22.7 Å². The third kappa shape index (κ3) is 4.32. The van der Waals surface area contributed by atoms with E-state index in [2.05, 4.69) is 10.2 Å². The lowest BCUT2D eigenvalue weighted by atomic mass is 10.0. The molecule has 1 atom stereocenters. The largest absolute Gasteiger partial charge is 0.397 e. The van der Waals surface area contributed by atoms with E-state index in [1.165, 1.54) is 12.8 Å². The lowest BCUT2D eigenvalue weighted by molar-refractivity contribution is -0.136. The zero-order valence-electron chi connectivity index (χ0n) is 20.6. The number of amidine groups is 1. The minimum Gasteiger partial charge on any atom is -0.397 e. The Morgan fingerprint density at radius 3 is 2.64 bits per heavy atom. The highest BCUT2D eigenvalue weighted by Crippen LogP contribution is 2.32. The number of nitrogen functional groups attached to an aromatic ring is 1. The fraction of sp³-hybridized carbons (Fsp3) is 0.423. The van der Waals surface area contributed by atoms with Crippen LogP contribution in [0.5, 0.6) is 0 Å². The van der Waals surface area contributed by atoms with Gasteiger partial charge in [-0.2, -0.15) is 0 Å². The summed E-state index contributed by atoms with van der Waals surface area (Å²) in [6.45, 7) is 3.04. The number of amides is 3. The molecule has 4 N–H and O–H groups in total. The quantitative estimate of drug-likeness (QED) is 0.330. The first-order chi connectivity index (χ1) is 17.2. The molecule has 2 aromatic rings. The first-order valence-corrected chi connectivity index (χ1v) is 12.3. The highest BCUT2D eigenvalue weighted by atomic mass is 16.2. The molecule has 0 spiro atoms. The molecular weight excluding hydrogens is 458 g/mol. The number of piperidine rings is 1. The van der Waals surface area contributed by atoms with Crippen LogP contribution in [0.15, 0.2) is 24.3 Å². The average Bonchev–Trinajstić information content (AvgIpc) is 3.47. The van der Waals surface area contributed by atoms with Gasteiger partial charge in [0.15, 0.2) is 0 Å². The molecular formula is C26H31N7O3. The predicted octanol–water partition coefficient (Wildman–Crippen LogP) is 1.57. The Labute approximate surface area is 210 Å². The summed E-state index contributed by atoms with van der Waals surface area (Å²) >= 11 is 0. The molecule has 0 bridgehead atoms. The number of nitrogens with one attached hydrogen (secondary N) is 2. The Bertz CT molecular complexity index is 1270. The van der Waals surface area contributed by atoms with Gasteiger partial charge in [0.2, 0.25) is 11.8 Å². The number of likely N-dealkylation sites (tertiary alicyclic amines) is 1. The number of nitrogens with zero attached hydrogens (tertiary/aromatic N) is 4. The summed E-state index contributed by atoms with van der Waals surface area (Å²) in [6, 6.07) is 6.89. The Hall–Kier alpha value is -3.79. The normalized spacial score (nSPS) is 20.0. The maximum atomic E-state index is 13.1. The molecule has 3 amide bonds. The second-order valence-electron chi connectivity index (χ2n) is 9.93. The summed E-state index contributed by atoms with van der Waals surface area (Å²) in [6.07, 6.45) is 2.88. The topological polar surface area (TPSA) is 136 Å². The van der Waals surface area contributed by atoms with Crippen molar-refractivity contribution in [1.29, 1.82) is 5.41 Å². The monoisotopic (exact) mass is 489 g/mol. The van der Waals surface area contributed by atoms with Crippen LogP contribution in [-0.4, -0.2) is 76.5 Å².